The molecule has 3 aliphatic rings. The highest BCUT2D eigenvalue weighted by molar-refractivity contribution is 9.10. The molecule has 2 aromatic rings. The van der Waals surface area contributed by atoms with Gasteiger partial charge in [-0.1, -0.05) is 23.2 Å². The van der Waals surface area contributed by atoms with Gasteiger partial charge in [0.1, 0.15) is 0 Å². The lowest BCUT2D eigenvalue weighted by Gasteiger charge is -2.33. The highest BCUT2D eigenvalue weighted by Crippen LogP contribution is 2.39. The highest BCUT2D eigenvalue weighted by Gasteiger charge is 2.28. The Morgan fingerprint density at radius 3 is 2.55 bits per heavy atom. The minimum absolute atomic E-state index is 0.337. The molecular weight excluding hydrogens is 498 g/mol. The standard InChI is InChI=1S/C27H31BrClN3O/c1-31-10-6-18(7-11-31)14-25(33)32-12-8-19(9-13-32)26-24-5-4-23(29)16-20(24)2-3-21-15-22(28)17-30-27(21)26/h4-5,15-18H,2-3,6-14H2,1H3. The Bertz CT molecular complexity index is 1030. The van der Waals surface area contributed by atoms with E-state index in [1.807, 2.05) is 12.3 Å². The van der Waals surface area contributed by atoms with Crippen LogP contribution in [0.4, 0.5) is 0 Å². The van der Waals surface area contributed by atoms with Gasteiger partial charge in [0.25, 0.3) is 0 Å². The van der Waals surface area contributed by atoms with Crippen LogP contribution < -0.4 is 0 Å². The van der Waals surface area contributed by atoms with E-state index < -0.39 is 0 Å². The number of benzene rings is 1. The second-order valence-corrected chi connectivity index (χ2v) is 11.1. The third-order valence-electron chi connectivity index (χ3n) is 7.55. The van der Waals surface area contributed by atoms with Crippen molar-refractivity contribution in [2.24, 2.45) is 5.92 Å². The number of hydrogen-bond acceptors (Lipinski definition) is 3. The predicted molar refractivity (Wildman–Crippen MR) is 137 cm³/mol. The van der Waals surface area contributed by atoms with Gasteiger partial charge in [-0.05, 0) is 115 Å². The van der Waals surface area contributed by atoms with Gasteiger partial charge in [-0.15, -0.1) is 0 Å². The molecule has 2 aliphatic heterocycles. The van der Waals surface area contributed by atoms with Crippen LogP contribution in [0.15, 0.2) is 40.5 Å². The number of aryl methyl sites for hydroxylation is 2. The monoisotopic (exact) mass is 527 g/mol. The third-order valence-corrected chi connectivity index (χ3v) is 8.21. The molecule has 6 heteroatoms. The number of piperidine rings is 2. The first kappa shape index (κ1) is 23.1. The molecule has 4 nitrogen and oxygen atoms in total. The maximum atomic E-state index is 13.0. The topological polar surface area (TPSA) is 36.4 Å². The maximum absolute atomic E-state index is 13.0. The molecule has 0 atom stereocenters. The van der Waals surface area contributed by atoms with Gasteiger partial charge in [0, 0.05) is 40.8 Å². The number of fused-ring (bicyclic) bond motifs is 2. The van der Waals surface area contributed by atoms with E-state index >= 15 is 0 Å². The molecule has 0 unspecified atom stereocenters. The number of nitrogens with zero attached hydrogens (tertiary/aromatic N) is 3. The van der Waals surface area contributed by atoms with E-state index in [-0.39, 0.29) is 0 Å². The number of carbonyl (C=O) groups excluding carboxylic acids is 1. The number of halogens is 2. The van der Waals surface area contributed by atoms with Crippen molar-refractivity contribution >= 4 is 39.0 Å². The SMILES string of the molecule is CN1CCC(CC(=O)N2CCC(=C3c4ccc(Cl)cc4CCc4cc(Br)cnc43)CC2)CC1. The lowest BCUT2D eigenvalue weighted by molar-refractivity contribution is -0.133. The van der Waals surface area contributed by atoms with Crippen molar-refractivity contribution in [3.8, 4) is 0 Å². The van der Waals surface area contributed by atoms with E-state index in [0.717, 1.165) is 79.9 Å². The van der Waals surface area contributed by atoms with Crippen LogP contribution in [-0.2, 0) is 17.6 Å². The molecule has 174 valence electrons. The fourth-order valence-corrected chi connectivity index (χ4v) is 6.16. The van der Waals surface area contributed by atoms with Gasteiger partial charge in [0.2, 0.25) is 5.91 Å². The summed E-state index contributed by atoms with van der Waals surface area (Å²) >= 11 is 9.96. The summed E-state index contributed by atoms with van der Waals surface area (Å²) in [4.78, 5) is 22.4. The summed E-state index contributed by atoms with van der Waals surface area (Å²) in [5.41, 5.74) is 7.61. The van der Waals surface area contributed by atoms with Crippen LogP contribution in [0.2, 0.25) is 5.02 Å². The lowest BCUT2D eigenvalue weighted by atomic mass is 9.88. The van der Waals surface area contributed by atoms with Crippen molar-refractivity contribution in [2.45, 2.75) is 44.9 Å². The molecule has 1 amide bonds. The fourth-order valence-electron chi connectivity index (χ4n) is 5.58. The number of pyridine rings is 1. The van der Waals surface area contributed by atoms with Crippen LogP contribution in [0, 0.1) is 5.92 Å². The first-order chi connectivity index (χ1) is 16.0. The Kier molecular flexibility index (Phi) is 6.91. The summed E-state index contributed by atoms with van der Waals surface area (Å²) < 4.78 is 1.02. The average Bonchev–Trinajstić information content (AvgIpc) is 2.97. The quantitative estimate of drug-likeness (QED) is 0.498. The maximum Gasteiger partial charge on any atom is 0.222 e. The van der Waals surface area contributed by atoms with Crippen LogP contribution in [0.1, 0.15) is 54.5 Å². The van der Waals surface area contributed by atoms with Gasteiger partial charge in [-0.2, -0.15) is 0 Å². The van der Waals surface area contributed by atoms with Gasteiger partial charge in [0.05, 0.1) is 5.69 Å². The summed E-state index contributed by atoms with van der Waals surface area (Å²) in [6.45, 7) is 3.83. The molecule has 2 saturated heterocycles. The zero-order chi connectivity index (χ0) is 22.9. The largest absolute Gasteiger partial charge is 0.342 e. The second kappa shape index (κ2) is 9.89. The van der Waals surface area contributed by atoms with E-state index in [1.165, 1.54) is 27.8 Å². The van der Waals surface area contributed by atoms with Gasteiger partial charge in [0.15, 0.2) is 0 Å². The van der Waals surface area contributed by atoms with Crippen LogP contribution >= 0.6 is 27.5 Å². The third kappa shape index (κ3) is 5.06. The van der Waals surface area contributed by atoms with Crippen molar-refractivity contribution < 1.29 is 4.79 Å². The van der Waals surface area contributed by atoms with E-state index in [9.17, 15) is 4.79 Å². The van der Waals surface area contributed by atoms with Crippen LogP contribution in [0.3, 0.4) is 0 Å². The first-order valence-electron chi connectivity index (χ1n) is 12.1. The van der Waals surface area contributed by atoms with Crippen LogP contribution in [0.25, 0.3) is 5.57 Å². The number of aromatic nitrogens is 1. The molecule has 0 saturated carbocycles. The molecule has 0 N–H and O–H groups in total. The summed E-state index contributed by atoms with van der Waals surface area (Å²) in [6, 6.07) is 8.47. The molecule has 33 heavy (non-hydrogen) atoms. The summed E-state index contributed by atoms with van der Waals surface area (Å²) in [5.74, 6) is 0.880. The summed E-state index contributed by atoms with van der Waals surface area (Å²) in [7, 11) is 2.17. The molecule has 1 aliphatic carbocycles. The highest BCUT2D eigenvalue weighted by atomic mass is 79.9. The van der Waals surface area contributed by atoms with Gasteiger partial charge < -0.3 is 9.80 Å². The smallest absolute Gasteiger partial charge is 0.222 e. The normalized spacial score (nSPS) is 19.8. The Morgan fingerprint density at radius 2 is 1.79 bits per heavy atom. The Balaban J connectivity index is 1.39. The van der Waals surface area contributed by atoms with Crippen molar-refractivity contribution in [1.29, 1.82) is 0 Å². The number of likely N-dealkylation sites (tertiary alicyclic amines) is 2. The van der Waals surface area contributed by atoms with Crippen LogP contribution in [-0.4, -0.2) is 53.9 Å². The molecule has 5 rings (SSSR count). The second-order valence-electron chi connectivity index (χ2n) is 9.77. The number of carbonyl (C=O) groups is 1. The molecule has 1 aromatic heterocycles. The Hall–Kier alpha value is -1.69. The molecular formula is C27H31BrClN3O. The number of hydrogen-bond donors (Lipinski definition) is 0. The molecule has 0 radical (unpaired) electrons. The minimum Gasteiger partial charge on any atom is -0.342 e. The van der Waals surface area contributed by atoms with E-state index in [4.69, 9.17) is 16.6 Å². The molecule has 3 heterocycles. The zero-order valence-corrected chi connectivity index (χ0v) is 21.6. The van der Waals surface area contributed by atoms with E-state index in [1.54, 1.807) is 0 Å². The van der Waals surface area contributed by atoms with Crippen molar-refractivity contribution in [3.05, 3.63) is 67.9 Å². The van der Waals surface area contributed by atoms with Crippen LogP contribution in [0.5, 0.6) is 0 Å². The van der Waals surface area contributed by atoms with E-state index in [2.05, 4.69) is 51.0 Å². The predicted octanol–water partition coefficient (Wildman–Crippen LogP) is 5.75. The summed E-state index contributed by atoms with van der Waals surface area (Å²) in [5, 5.41) is 0.785. The molecule has 0 bridgehead atoms. The zero-order valence-electron chi connectivity index (χ0n) is 19.2. The van der Waals surface area contributed by atoms with Gasteiger partial charge >= 0.3 is 0 Å². The Labute approximate surface area is 210 Å². The van der Waals surface area contributed by atoms with Gasteiger partial charge in [-0.25, -0.2) is 0 Å². The summed E-state index contributed by atoms with van der Waals surface area (Å²) in [6.07, 6.45) is 8.62. The fraction of sp³-hybridized carbons (Fsp3) is 0.481. The van der Waals surface area contributed by atoms with E-state index in [0.29, 0.717) is 18.2 Å². The van der Waals surface area contributed by atoms with Crippen molar-refractivity contribution in [2.75, 3.05) is 33.2 Å². The van der Waals surface area contributed by atoms with Gasteiger partial charge in [-0.3, -0.25) is 9.78 Å². The molecule has 0 spiro atoms. The van der Waals surface area contributed by atoms with Crippen molar-refractivity contribution in [1.82, 2.24) is 14.8 Å². The lowest BCUT2D eigenvalue weighted by Crippen LogP contribution is -2.39. The molecule has 1 aromatic carbocycles. The minimum atomic E-state index is 0.337. The number of amides is 1. The average molecular weight is 529 g/mol. The first-order valence-corrected chi connectivity index (χ1v) is 13.3. The van der Waals surface area contributed by atoms with Crippen molar-refractivity contribution in [3.63, 3.8) is 0 Å². The number of rotatable bonds is 2. The molecule has 2 fully saturated rings. The Morgan fingerprint density at radius 1 is 1.06 bits per heavy atom.